The van der Waals surface area contributed by atoms with Crippen LogP contribution >= 0.6 is 0 Å². The van der Waals surface area contributed by atoms with Crippen molar-refractivity contribution in [3.63, 3.8) is 0 Å². The van der Waals surface area contributed by atoms with E-state index < -0.39 is 0 Å². The molecule has 19 heavy (non-hydrogen) atoms. The Morgan fingerprint density at radius 2 is 1.95 bits per heavy atom. The molecule has 7 heteroatoms. The number of aromatic nitrogens is 2. The van der Waals surface area contributed by atoms with Crippen molar-refractivity contribution in [2.24, 2.45) is 7.05 Å². The second-order valence-corrected chi connectivity index (χ2v) is 4.49. The molecule has 0 radical (unpaired) electrons. The molecule has 0 spiro atoms. The van der Waals surface area contributed by atoms with E-state index in [2.05, 4.69) is 10.3 Å². The summed E-state index contributed by atoms with van der Waals surface area (Å²) in [6.45, 7) is 0. The molecule has 0 atom stereocenters. The highest BCUT2D eigenvalue weighted by atomic mass is 16.2. The van der Waals surface area contributed by atoms with Crippen LogP contribution in [0.15, 0.2) is 6.07 Å². The van der Waals surface area contributed by atoms with Gasteiger partial charge in [-0.3, -0.25) is 14.5 Å². The summed E-state index contributed by atoms with van der Waals surface area (Å²) < 4.78 is 1.79. The van der Waals surface area contributed by atoms with Crippen LogP contribution in [0, 0.1) is 0 Å². The van der Waals surface area contributed by atoms with Gasteiger partial charge in [-0.1, -0.05) is 0 Å². The van der Waals surface area contributed by atoms with Gasteiger partial charge in [-0.05, 0) is 6.07 Å². The third-order valence-corrected chi connectivity index (χ3v) is 3.49. The number of aryl methyl sites for hydroxylation is 1. The van der Waals surface area contributed by atoms with E-state index in [0.717, 1.165) is 10.4 Å². The van der Waals surface area contributed by atoms with E-state index in [-0.39, 0.29) is 23.1 Å². The predicted molar refractivity (Wildman–Crippen MR) is 71.1 cm³/mol. The molecule has 1 aliphatic heterocycles. The number of fused-ring (bicyclic) bond motifs is 2. The first-order valence-electron chi connectivity index (χ1n) is 5.76. The Morgan fingerprint density at radius 3 is 2.58 bits per heavy atom. The van der Waals surface area contributed by atoms with Crippen LogP contribution in [-0.4, -0.2) is 40.4 Å². The van der Waals surface area contributed by atoms with Gasteiger partial charge >= 0.3 is 0 Å². The number of carbonyl (C=O) groups is 2. The summed E-state index contributed by atoms with van der Waals surface area (Å²) in [6.07, 6.45) is 0. The highest BCUT2D eigenvalue weighted by Gasteiger charge is 2.36. The minimum Gasteiger partial charge on any atom is -0.396 e. The van der Waals surface area contributed by atoms with E-state index in [0.29, 0.717) is 17.0 Å². The summed E-state index contributed by atoms with van der Waals surface area (Å²) in [5.41, 5.74) is 8.11. The Balaban J connectivity index is 2.43. The standard InChI is InChI=1S/C12H13N5O2/c1-14-12-15-9-6(16(12)2)4-5-7(8(9)13)11(19)17(3)10(5)18/h4H,13H2,1-3H3,(H,14,15). The molecule has 1 aliphatic rings. The van der Waals surface area contributed by atoms with E-state index >= 15 is 0 Å². The summed E-state index contributed by atoms with van der Waals surface area (Å²) in [6, 6.07) is 1.67. The molecule has 2 heterocycles. The van der Waals surface area contributed by atoms with Gasteiger partial charge in [0.1, 0.15) is 5.52 Å². The van der Waals surface area contributed by atoms with Crippen LogP contribution in [-0.2, 0) is 7.05 Å². The molecule has 0 fully saturated rings. The number of imidazole rings is 1. The van der Waals surface area contributed by atoms with Crippen LogP contribution in [0.4, 0.5) is 11.6 Å². The normalized spacial score (nSPS) is 14.4. The molecule has 1 aromatic carbocycles. The number of nitrogens with one attached hydrogen (secondary N) is 1. The van der Waals surface area contributed by atoms with E-state index in [9.17, 15) is 9.59 Å². The number of rotatable bonds is 1. The fraction of sp³-hybridized carbons (Fsp3) is 0.250. The molecular formula is C12H13N5O2. The number of carbonyl (C=O) groups excluding carboxylic acids is 2. The molecule has 98 valence electrons. The molecular weight excluding hydrogens is 246 g/mol. The quantitative estimate of drug-likeness (QED) is 0.572. The van der Waals surface area contributed by atoms with Gasteiger partial charge in [0.25, 0.3) is 11.8 Å². The second kappa shape index (κ2) is 3.47. The maximum atomic E-state index is 12.0. The zero-order valence-electron chi connectivity index (χ0n) is 10.8. The lowest BCUT2D eigenvalue weighted by molar-refractivity contribution is 0.0693. The third-order valence-electron chi connectivity index (χ3n) is 3.49. The number of anilines is 2. The number of amides is 2. The van der Waals surface area contributed by atoms with Crippen LogP contribution < -0.4 is 11.1 Å². The number of hydrogen-bond acceptors (Lipinski definition) is 5. The molecule has 0 saturated heterocycles. The summed E-state index contributed by atoms with van der Waals surface area (Å²) in [7, 11) is 5.01. The van der Waals surface area contributed by atoms with Crippen molar-refractivity contribution in [3.8, 4) is 0 Å². The third kappa shape index (κ3) is 1.24. The maximum Gasteiger partial charge on any atom is 0.263 e. The molecule has 0 saturated carbocycles. The van der Waals surface area contributed by atoms with Crippen molar-refractivity contribution < 1.29 is 9.59 Å². The predicted octanol–water partition coefficient (Wildman–Crippen LogP) is 0.423. The summed E-state index contributed by atoms with van der Waals surface area (Å²) in [5, 5.41) is 2.93. The highest BCUT2D eigenvalue weighted by Crippen LogP contribution is 2.34. The molecule has 7 nitrogen and oxygen atoms in total. The van der Waals surface area contributed by atoms with Crippen LogP contribution in [0.1, 0.15) is 20.7 Å². The molecule has 0 bridgehead atoms. The molecule has 2 aromatic rings. The van der Waals surface area contributed by atoms with Gasteiger partial charge in [0.15, 0.2) is 0 Å². The van der Waals surface area contributed by atoms with Crippen molar-refractivity contribution >= 4 is 34.5 Å². The number of nitrogen functional groups attached to an aromatic ring is 1. The van der Waals surface area contributed by atoms with E-state index in [1.165, 1.54) is 7.05 Å². The zero-order valence-corrected chi connectivity index (χ0v) is 10.8. The van der Waals surface area contributed by atoms with Crippen LogP contribution in [0.3, 0.4) is 0 Å². The average Bonchev–Trinajstić information content (AvgIpc) is 2.83. The van der Waals surface area contributed by atoms with Crippen molar-refractivity contribution in [3.05, 3.63) is 17.2 Å². The summed E-state index contributed by atoms with van der Waals surface area (Å²) >= 11 is 0. The van der Waals surface area contributed by atoms with Crippen LogP contribution in [0.2, 0.25) is 0 Å². The lowest BCUT2D eigenvalue weighted by Gasteiger charge is -2.03. The Kier molecular flexibility index (Phi) is 2.10. The van der Waals surface area contributed by atoms with Gasteiger partial charge in [-0.2, -0.15) is 0 Å². The van der Waals surface area contributed by atoms with Gasteiger partial charge in [-0.15, -0.1) is 0 Å². The molecule has 0 aliphatic carbocycles. The minimum atomic E-state index is -0.379. The van der Waals surface area contributed by atoms with Crippen LogP contribution in [0.25, 0.3) is 11.0 Å². The van der Waals surface area contributed by atoms with Gasteiger partial charge < -0.3 is 15.6 Å². The molecule has 0 unspecified atom stereocenters. The van der Waals surface area contributed by atoms with Crippen LogP contribution in [0.5, 0.6) is 0 Å². The number of nitrogens with two attached hydrogens (primary N) is 1. The molecule has 3 N–H and O–H groups in total. The summed E-state index contributed by atoms with van der Waals surface area (Å²) in [5.74, 6) is -0.0875. The highest BCUT2D eigenvalue weighted by molar-refractivity contribution is 6.26. The first-order chi connectivity index (χ1) is 8.97. The minimum absolute atomic E-state index is 0.251. The number of imide groups is 1. The monoisotopic (exact) mass is 259 g/mol. The van der Waals surface area contributed by atoms with Crippen molar-refractivity contribution in [2.45, 2.75) is 0 Å². The Morgan fingerprint density at radius 1 is 1.26 bits per heavy atom. The first kappa shape index (κ1) is 11.5. The lowest BCUT2D eigenvalue weighted by atomic mass is 10.1. The molecule has 2 amide bonds. The number of hydrogen-bond donors (Lipinski definition) is 2. The molecule has 1 aromatic heterocycles. The van der Waals surface area contributed by atoms with Crippen molar-refractivity contribution in [1.82, 2.24) is 14.5 Å². The van der Waals surface area contributed by atoms with Gasteiger partial charge in [-0.25, -0.2) is 4.98 Å². The van der Waals surface area contributed by atoms with Gasteiger partial charge in [0.05, 0.1) is 22.3 Å². The smallest absolute Gasteiger partial charge is 0.263 e. The maximum absolute atomic E-state index is 12.0. The summed E-state index contributed by atoms with van der Waals surface area (Å²) in [4.78, 5) is 29.4. The van der Waals surface area contributed by atoms with E-state index in [1.807, 2.05) is 7.05 Å². The molecule has 3 rings (SSSR count). The largest absolute Gasteiger partial charge is 0.396 e. The Bertz CT molecular complexity index is 746. The number of benzene rings is 1. The number of nitrogens with zero attached hydrogens (tertiary/aromatic N) is 3. The Hall–Kier alpha value is -2.57. The zero-order chi connectivity index (χ0) is 13.9. The Labute approximate surface area is 109 Å². The first-order valence-corrected chi connectivity index (χ1v) is 5.76. The fourth-order valence-electron chi connectivity index (χ4n) is 2.41. The average molecular weight is 259 g/mol. The van der Waals surface area contributed by atoms with Gasteiger partial charge in [0, 0.05) is 21.1 Å². The van der Waals surface area contributed by atoms with E-state index in [1.54, 1.807) is 17.7 Å². The van der Waals surface area contributed by atoms with Gasteiger partial charge in [0.2, 0.25) is 5.95 Å². The SMILES string of the molecule is CNc1nc2c(N)c3c(cc2n1C)C(=O)N(C)C3=O. The topological polar surface area (TPSA) is 93.2 Å². The van der Waals surface area contributed by atoms with Crippen molar-refractivity contribution in [1.29, 1.82) is 0 Å². The fourth-order valence-corrected chi connectivity index (χ4v) is 2.41. The van der Waals surface area contributed by atoms with E-state index in [4.69, 9.17) is 5.73 Å². The van der Waals surface area contributed by atoms with Crippen molar-refractivity contribution in [2.75, 3.05) is 25.1 Å². The second-order valence-electron chi connectivity index (χ2n) is 4.49. The lowest BCUT2D eigenvalue weighted by Crippen LogP contribution is -2.24.